The zero-order valence-electron chi connectivity index (χ0n) is 8.20. The lowest BCUT2D eigenvalue weighted by Gasteiger charge is -2.18. The first kappa shape index (κ1) is 12.2. The summed E-state index contributed by atoms with van der Waals surface area (Å²) in [5.74, 6) is 0. The monoisotopic (exact) mass is 192 g/mol. The Balaban J connectivity index is 3.41. The van der Waals surface area contributed by atoms with E-state index in [4.69, 9.17) is 9.99 Å². The molecule has 0 saturated heterocycles. The molecule has 0 radical (unpaired) electrons. The molecule has 13 heavy (non-hydrogen) atoms. The molecule has 5 nitrogen and oxygen atoms in total. The summed E-state index contributed by atoms with van der Waals surface area (Å²) >= 11 is 0. The van der Waals surface area contributed by atoms with Gasteiger partial charge in [-0.3, -0.25) is 5.26 Å². The van der Waals surface area contributed by atoms with Crippen molar-refractivity contribution in [1.29, 1.82) is 0 Å². The maximum Gasteiger partial charge on any atom is 0.508 e. The molecule has 0 spiro atoms. The van der Waals surface area contributed by atoms with Crippen LogP contribution in [0.2, 0.25) is 0 Å². The van der Waals surface area contributed by atoms with E-state index >= 15 is 0 Å². The van der Waals surface area contributed by atoms with E-state index in [0.29, 0.717) is 6.42 Å². The Morgan fingerprint density at radius 3 is 2.38 bits per heavy atom. The summed E-state index contributed by atoms with van der Waals surface area (Å²) in [6, 6.07) is 0. The van der Waals surface area contributed by atoms with Crippen LogP contribution in [-0.2, 0) is 14.4 Å². The van der Waals surface area contributed by atoms with Crippen molar-refractivity contribution in [3.8, 4) is 0 Å². The normalized spacial score (nSPS) is 11.1. The van der Waals surface area contributed by atoms with Crippen molar-refractivity contribution in [1.82, 2.24) is 0 Å². The quantitative estimate of drug-likeness (QED) is 0.318. The second kappa shape index (κ2) is 5.77. The van der Waals surface area contributed by atoms with E-state index in [1.54, 1.807) is 20.8 Å². The molecular formula is C8H16O5. The third kappa shape index (κ3) is 9.10. The van der Waals surface area contributed by atoms with Crippen LogP contribution in [0, 0.1) is 0 Å². The van der Waals surface area contributed by atoms with Gasteiger partial charge in [0, 0.05) is 6.42 Å². The highest BCUT2D eigenvalue weighted by molar-refractivity contribution is 5.60. The van der Waals surface area contributed by atoms with E-state index in [0.717, 1.165) is 0 Å². The molecule has 78 valence electrons. The molecule has 0 aromatic heterocycles. The van der Waals surface area contributed by atoms with Gasteiger partial charge in [-0.2, -0.15) is 0 Å². The van der Waals surface area contributed by atoms with Gasteiger partial charge < -0.3 is 9.47 Å². The van der Waals surface area contributed by atoms with Gasteiger partial charge >= 0.3 is 6.16 Å². The van der Waals surface area contributed by atoms with Crippen molar-refractivity contribution >= 4 is 6.16 Å². The number of hydrogen-bond acceptors (Lipinski definition) is 5. The van der Waals surface area contributed by atoms with Crippen molar-refractivity contribution in [2.24, 2.45) is 0 Å². The van der Waals surface area contributed by atoms with Crippen LogP contribution in [0.3, 0.4) is 0 Å². The first-order valence-corrected chi connectivity index (χ1v) is 4.08. The zero-order chi connectivity index (χ0) is 10.3. The minimum Gasteiger partial charge on any atom is -0.434 e. The predicted octanol–water partition coefficient (Wildman–Crippen LogP) is 1.82. The average Bonchev–Trinajstić information content (AvgIpc) is 1.94. The fourth-order valence-corrected chi connectivity index (χ4v) is 0.558. The topological polar surface area (TPSA) is 65.0 Å². The molecule has 0 aromatic carbocycles. The third-order valence-corrected chi connectivity index (χ3v) is 0.989. The Bertz CT molecular complexity index is 149. The van der Waals surface area contributed by atoms with Crippen molar-refractivity contribution in [2.75, 3.05) is 13.2 Å². The third-order valence-electron chi connectivity index (χ3n) is 0.989. The Hall–Kier alpha value is -0.810. The van der Waals surface area contributed by atoms with E-state index in [2.05, 4.69) is 9.62 Å². The van der Waals surface area contributed by atoms with Crippen LogP contribution in [0.15, 0.2) is 0 Å². The Morgan fingerprint density at radius 2 is 1.92 bits per heavy atom. The van der Waals surface area contributed by atoms with Crippen LogP contribution in [0.1, 0.15) is 27.2 Å². The number of rotatable bonds is 4. The zero-order valence-corrected chi connectivity index (χ0v) is 8.20. The fraction of sp³-hybridized carbons (Fsp3) is 0.875. The van der Waals surface area contributed by atoms with Gasteiger partial charge in [-0.05, 0) is 20.8 Å². The first-order chi connectivity index (χ1) is 5.95. The van der Waals surface area contributed by atoms with Gasteiger partial charge in [-0.1, -0.05) is 0 Å². The van der Waals surface area contributed by atoms with Crippen molar-refractivity contribution in [3.63, 3.8) is 0 Å². The number of ether oxygens (including phenoxy) is 2. The molecule has 0 saturated carbocycles. The van der Waals surface area contributed by atoms with Crippen LogP contribution in [0.25, 0.3) is 0 Å². The van der Waals surface area contributed by atoms with Crippen LogP contribution < -0.4 is 0 Å². The van der Waals surface area contributed by atoms with Gasteiger partial charge in [-0.25, -0.2) is 9.68 Å². The SMILES string of the molecule is CC(C)(C)OC(=O)OCCCOO. The maximum atomic E-state index is 10.9. The van der Waals surface area contributed by atoms with E-state index < -0.39 is 11.8 Å². The molecule has 0 atom stereocenters. The lowest BCUT2D eigenvalue weighted by molar-refractivity contribution is -0.243. The average molecular weight is 192 g/mol. The van der Waals surface area contributed by atoms with E-state index in [1.807, 2.05) is 0 Å². The number of carbonyl (C=O) groups excluding carboxylic acids is 1. The second-order valence-electron chi connectivity index (χ2n) is 3.50. The molecule has 0 aliphatic heterocycles. The Morgan fingerprint density at radius 1 is 1.31 bits per heavy atom. The molecule has 1 N–H and O–H groups in total. The fourth-order valence-electron chi connectivity index (χ4n) is 0.558. The highest BCUT2D eigenvalue weighted by Crippen LogP contribution is 2.07. The Kier molecular flexibility index (Phi) is 5.41. The molecule has 0 unspecified atom stereocenters. The maximum absolute atomic E-state index is 10.9. The molecule has 0 amide bonds. The standard InChI is InChI=1S/C8H16O5/c1-8(2,3)13-7(9)11-5-4-6-12-10/h10H,4-6H2,1-3H3. The summed E-state index contributed by atoms with van der Waals surface area (Å²) in [5.41, 5.74) is -0.537. The Labute approximate surface area is 77.5 Å². The van der Waals surface area contributed by atoms with Gasteiger partial charge in [-0.15, -0.1) is 0 Å². The number of hydrogen-bond donors (Lipinski definition) is 1. The summed E-state index contributed by atoms with van der Waals surface area (Å²) in [6.07, 6.45) is -0.263. The van der Waals surface area contributed by atoms with Crippen LogP contribution >= 0.6 is 0 Å². The molecule has 0 heterocycles. The molecule has 0 aliphatic rings. The second-order valence-corrected chi connectivity index (χ2v) is 3.50. The van der Waals surface area contributed by atoms with E-state index in [-0.39, 0.29) is 13.2 Å². The van der Waals surface area contributed by atoms with Crippen LogP contribution in [-0.4, -0.2) is 30.2 Å². The molecule has 0 bridgehead atoms. The van der Waals surface area contributed by atoms with Gasteiger partial charge in [0.25, 0.3) is 0 Å². The smallest absolute Gasteiger partial charge is 0.434 e. The summed E-state index contributed by atoms with van der Waals surface area (Å²) < 4.78 is 9.52. The summed E-state index contributed by atoms with van der Waals surface area (Å²) in [5, 5.41) is 7.95. The van der Waals surface area contributed by atoms with E-state index in [9.17, 15) is 4.79 Å². The van der Waals surface area contributed by atoms with Gasteiger partial charge in [0.1, 0.15) is 5.60 Å². The van der Waals surface area contributed by atoms with Crippen molar-refractivity contribution in [2.45, 2.75) is 32.8 Å². The van der Waals surface area contributed by atoms with Crippen molar-refractivity contribution < 1.29 is 24.4 Å². The molecule has 5 heteroatoms. The summed E-state index contributed by atoms with van der Waals surface area (Å²) in [7, 11) is 0. The lowest BCUT2D eigenvalue weighted by Crippen LogP contribution is -2.24. The molecule has 0 aromatic rings. The molecule has 0 rings (SSSR count). The summed E-state index contributed by atoms with van der Waals surface area (Å²) in [6.45, 7) is 5.58. The number of carbonyl (C=O) groups is 1. The highest BCUT2D eigenvalue weighted by Gasteiger charge is 2.16. The van der Waals surface area contributed by atoms with Crippen LogP contribution in [0.5, 0.6) is 0 Å². The minimum atomic E-state index is -0.703. The largest absolute Gasteiger partial charge is 0.508 e. The van der Waals surface area contributed by atoms with Gasteiger partial charge in [0.05, 0.1) is 13.2 Å². The molecular weight excluding hydrogens is 176 g/mol. The molecule has 0 aliphatic carbocycles. The minimum absolute atomic E-state index is 0.142. The van der Waals surface area contributed by atoms with Crippen LogP contribution in [0.4, 0.5) is 4.79 Å². The van der Waals surface area contributed by atoms with Gasteiger partial charge in [0.2, 0.25) is 0 Å². The predicted molar refractivity (Wildman–Crippen MR) is 45.4 cm³/mol. The van der Waals surface area contributed by atoms with Gasteiger partial charge in [0.15, 0.2) is 0 Å². The van der Waals surface area contributed by atoms with E-state index in [1.165, 1.54) is 0 Å². The molecule has 0 fully saturated rings. The lowest BCUT2D eigenvalue weighted by atomic mass is 10.2. The summed E-state index contributed by atoms with van der Waals surface area (Å²) in [4.78, 5) is 14.7. The highest BCUT2D eigenvalue weighted by atomic mass is 17.1. The van der Waals surface area contributed by atoms with Crippen molar-refractivity contribution in [3.05, 3.63) is 0 Å². The first-order valence-electron chi connectivity index (χ1n) is 4.08.